The van der Waals surface area contributed by atoms with Crippen LogP contribution in [0.5, 0.6) is 0 Å². The van der Waals surface area contributed by atoms with Crippen LogP contribution in [0.1, 0.15) is 16.8 Å². The van der Waals surface area contributed by atoms with E-state index >= 15 is 0 Å². The molecule has 0 spiro atoms. The summed E-state index contributed by atoms with van der Waals surface area (Å²) in [6, 6.07) is 6.99. The van der Waals surface area contributed by atoms with Crippen LogP contribution in [0.2, 0.25) is 5.28 Å². The Morgan fingerprint density at radius 1 is 1.10 bits per heavy atom. The topological polar surface area (TPSA) is 83.9 Å². The minimum Gasteiger partial charge on any atom is -0.349 e. The van der Waals surface area contributed by atoms with Crippen LogP contribution in [0.15, 0.2) is 49.1 Å². The Morgan fingerprint density at radius 3 is 2.55 bits per heavy atom. The highest BCUT2D eigenvalue weighted by atomic mass is 35.5. The van der Waals surface area contributed by atoms with E-state index in [1.165, 1.54) is 23.5 Å². The Labute approximate surface area is 169 Å². The zero-order valence-corrected chi connectivity index (χ0v) is 15.8. The van der Waals surface area contributed by atoms with Gasteiger partial charge in [-0.3, -0.25) is 9.78 Å². The Kier molecular flexibility index (Phi) is 5.06. The van der Waals surface area contributed by atoms with Crippen LogP contribution in [0, 0.1) is 0 Å². The van der Waals surface area contributed by atoms with Crippen molar-refractivity contribution in [2.24, 2.45) is 0 Å². The van der Waals surface area contributed by atoms with E-state index in [1.54, 1.807) is 30.5 Å². The summed E-state index contributed by atoms with van der Waals surface area (Å²) in [4.78, 5) is 30.4. The van der Waals surface area contributed by atoms with Crippen molar-refractivity contribution in [3.8, 4) is 11.3 Å². The molecule has 0 aromatic carbocycles. The van der Waals surface area contributed by atoms with Gasteiger partial charge in [0.2, 0.25) is 5.28 Å². The third-order valence-corrected chi connectivity index (χ3v) is 4.66. The summed E-state index contributed by atoms with van der Waals surface area (Å²) < 4.78 is 27.6. The highest BCUT2D eigenvalue weighted by Crippen LogP contribution is 2.38. The molecule has 0 radical (unpaired) electrons. The molecule has 148 valence electrons. The lowest BCUT2D eigenvalue weighted by Crippen LogP contribution is -2.27. The van der Waals surface area contributed by atoms with Crippen molar-refractivity contribution in [3.05, 3.63) is 59.9 Å². The number of anilines is 2. The smallest absolute Gasteiger partial charge is 0.266 e. The average molecular weight is 417 g/mol. The lowest BCUT2D eigenvalue weighted by Gasteiger charge is -2.22. The minimum atomic E-state index is -2.81. The molecule has 3 aromatic heterocycles. The van der Waals surface area contributed by atoms with E-state index in [9.17, 15) is 13.6 Å². The monoisotopic (exact) mass is 416 g/mol. The lowest BCUT2D eigenvalue weighted by molar-refractivity contribution is 0.0257. The number of halogens is 3. The summed E-state index contributed by atoms with van der Waals surface area (Å²) in [5.41, 5.74) is 1.60. The maximum Gasteiger partial charge on any atom is 0.266 e. The quantitative estimate of drug-likeness (QED) is 0.653. The van der Waals surface area contributed by atoms with Crippen molar-refractivity contribution in [1.82, 2.24) is 19.9 Å². The number of hydrogen-bond acceptors (Lipinski definition) is 6. The fourth-order valence-corrected chi connectivity index (χ4v) is 3.18. The second kappa shape index (κ2) is 7.67. The van der Waals surface area contributed by atoms with Crippen LogP contribution < -0.4 is 10.2 Å². The van der Waals surface area contributed by atoms with Gasteiger partial charge in [0.25, 0.3) is 11.8 Å². The minimum absolute atomic E-state index is 0.0112. The maximum atomic E-state index is 13.8. The third kappa shape index (κ3) is 4.14. The van der Waals surface area contributed by atoms with Crippen LogP contribution in [-0.4, -0.2) is 44.9 Å². The van der Waals surface area contributed by atoms with Gasteiger partial charge in [0, 0.05) is 43.3 Å². The van der Waals surface area contributed by atoms with Crippen molar-refractivity contribution in [2.75, 3.05) is 23.3 Å². The molecule has 1 amide bonds. The van der Waals surface area contributed by atoms with Gasteiger partial charge in [-0.25, -0.2) is 23.7 Å². The van der Waals surface area contributed by atoms with E-state index in [0.717, 1.165) is 0 Å². The van der Waals surface area contributed by atoms with Gasteiger partial charge in [-0.2, -0.15) is 0 Å². The van der Waals surface area contributed by atoms with E-state index in [1.807, 2.05) is 0 Å². The normalized spacial score (nSPS) is 15.3. The zero-order valence-electron chi connectivity index (χ0n) is 15.0. The average Bonchev–Trinajstić information content (AvgIpc) is 3.09. The molecule has 1 aliphatic heterocycles. The predicted molar refractivity (Wildman–Crippen MR) is 104 cm³/mol. The number of nitrogens with one attached hydrogen (secondary N) is 1. The van der Waals surface area contributed by atoms with Crippen molar-refractivity contribution in [2.45, 2.75) is 12.3 Å². The van der Waals surface area contributed by atoms with Crippen LogP contribution in [0.4, 0.5) is 20.3 Å². The van der Waals surface area contributed by atoms with Crippen molar-refractivity contribution in [3.63, 3.8) is 0 Å². The van der Waals surface area contributed by atoms with Gasteiger partial charge in [0.1, 0.15) is 0 Å². The van der Waals surface area contributed by atoms with Crippen LogP contribution in [-0.2, 0) is 0 Å². The molecule has 1 aliphatic rings. The molecule has 1 N–H and O–H groups in total. The molecular formula is C19H15ClF2N6O. The largest absolute Gasteiger partial charge is 0.349 e. The highest BCUT2D eigenvalue weighted by molar-refractivity contribution is 6.28. The fraction of sp³-hybridized carbons (Fsp3) is 0.211. The molecular weight excluding hydrogens is 402 g/mol. The van der Waals surface area contributed by atoms with Gasteiger partial charge >= 0.3 is 0 Å². The van der Waals surface area contributed by atoms with E-state index < -0.39 is 18.4 Å². The number of carbonyl (C=O) groups excluding carboxylic acids is 1. The van der Waals surface area contributed by atoms with Gasteiger partial charge in [-0.15, -0.1) is 0 Å². The van der Waals surface area contributed by atoms with Crippen LogP contribution in [0.25, 0.3) is 11.3 Å². The SMILES string of the molecule is O=C(Nc1c(-c2ccccn2)ccnc1N1CCC(F)(F)C1)c1cnc(Cl)nc1. The Bertz CT molecular complexity index is 1030. The maximum absolute atomic E-state index is 13.8. The molecule has 1 fully saturated rings. The molecule has 1 saturated heterocycles. The molecule has 7 nitrogen and oxygen atoms in total. The molecule has 4 heterocycles. The summed E-state index contributed by atoms with van der Waals surface area (Å²) in [5, 5.41) is 2.78. The highest BCUT2D eigenvalue weighted by Gasteiger charge is 2.40. The zero-order chi connectivity index (χ0) is 20.4. The van der Waals surface area contributed by atoms with Gasteiger partial charge in [-0.1, -0.05) is 6.07 Å². The first-order chi connectivity index (χ1) is 13.9. The second-order valence-electron chi connectivity index (χ2n) is 6.49. The van der Waals surface area contributed by atoms with Crippen molar-refractivity contribution in [1.29, 1.82) is 0 Å². The van der Waals surface area contributed by atoms with E-state index in [-0.39, 0.29) is 29.6 Å². The number of hydrogen-bond donors (Lipinski definition) is 1. The van der Waals surface area contributed by atoms with Gasteiger partial charge in [-0.05, 0) is 29.8 Å². The second-order valence-corrected chi connectivity index (χ2v) is 6.83. The molecule has 10 heteroatoms. The molecule has 3 aromatic rings. The first-order valence-corrected chi connectivity index (χ1v) is 9.13. The van der Waals surface area contributed by atoms with E-state index in [0.29, 0.717) is 16.9 Å². The number of nitrogens with zero attached hydrogens (tertiary/aromatic N) is 5. The first-order valence-electron chi connectivity index (χ1n) is 8.75. The lowest BCUT2D eigenvalue weighted by atomic mass is 10.1. The first kappa shape index (κ1) is 19.1. The molecule has 0 atom stereocenters. The predicted octanol–water partition coefficient (Wildman–Crippen LogP) is 3.68. The molecule has 4 rings (SSSR count). The molecule has 0 bridgehead atoms. The number of alkyl halides is 2. The summed E-state index contributed by atoms with van der Waals surface area (Å²) >= 11 is 5.67. The van der Waals surface area contributed by atoms with Crippen LogP contribution >= 0.6 is 11.6 Å². The Hall–Kier alpha value is -3.20. The van der Waals surface area contributed by atoms with Crippen molar-refractivity contribution < 1.29 is 13.6 Å². The number of rotatable bonds is 4. The standard InChI is InChI=1S/C19H15ClF2N6O/c20-18-25-9-12(10-26-18)17(29)27-15-13(14-3-1-2-6-23-14)4-7-24-16(15)28-8-5-19(21,22)11-28/h1-4,6-7,9-10H,5,8,11H2,(H,27,29). The van der Waals surface area contributed by atoms with Crippen LogP contribution in [0.3, 0.4) is 0 Å². The molecule has 0 unspecified atom stereocenters. The summed E-state index contributed by atoms with van der Waals surface area (Å²) in [7, 11) is 0. The molecule has 29 heavy (non-hydrogen) atoms. The van der Waals surface area contributed by atoms with E-state index in [2.05, 4.69) is 25.3 Å². The Balaban J connectivity index is 1.76. The molecule has 0 saturated carbocycles. The number of pyridine rings is 2. The van der Waals surface area contributed by atoms with Crippen molar-refractivity contribution >= 4 is 29.0 Å². The number of amides is 1. The number of carbonyl (C=O) groups is 1. The Morgan fingerprint density at radius 2 is 1.90 bits per heavy atom. The summed E-state index contributed by atoms with van der Waals surface area (Å²) in [6.07, 6.45) is 5.41. The van der Waals surface area contributed by atoms with Gasteiger partial charge in [0.05, 0.1) is 23.5 Å². The number of aromatic nitrogens is 4. The van der Waals surface area contributed by atoms with E-state index in [4.69, 9.17) is 11.6 Å². The molecule has 0 aliphatic carbocycles. The third-order valence-electron chi connectivity index (χ3n) is 4.46. The van der Waals surface area contributed by atoms with Gasteiger partial charge in [0.15, 0.2) is 5.82 Å². The summed E-state index contributed by atoms with van der Waals surface area (Å²) in [5.74, 6) is -3.07. The van der Waals surface area contributed by atoms with Gasteiger partial charge < -0.3 is 10.2 Å². The fourth-order valence-electron chi connectivity index (χ4n) is 3.08. The summed E-state index contributed by atoms with van der Waals surface area (Å²) in [6.45, 7) is -0.350.